The molecule has 1 aliphatic rings. The van der Waals surface area contributed by atoms with E-state index >= 15 is 0 Å². The highest BCUT2D eigenvalue weighted by Gasteiger charge is 2.09. The highest BCUT2D eigenvalue weighted by Crippen LogP contribution is 2.20. The molecule has 0 aromatic heterocycles. The second kappa shape index (κ2) is 12.3. The van der Waals surface area contributed by atoms with Crippen molar-refractivity contribution in [2.45, 2.75) is 19.3 Å². The topological polar surface area (TPSA) is 58.1 Å². The van der Waals surface area contributed by atoms with Gasteiger partial charge in [-0.2, -0.15) is 0 Å². The number of nitrogens with one attached hydrogen (secondary N) is 2. The summed E-state index contributed by atoms with van der Waals surface area (Å²) in [5.41, 5.74) is 0. The molecule has 0 spiro atoms. The Balaban J connectivity index is 1.23. The summed E-state index contributed by atoms with van der Waals surface area (Å²) in [6.45, 7) is 7.50. The van der Waals surface area contributed by atoms with Crippen molar-refractivity contribution in [2.75, 3.05) is 59.6 Å². The number of ether oxygens (including phenoxy) is 2. The van der Waals surface area contributed by atoms with E-state index in [1.54, 1.807) is 0 Å². The van der Waals surface area contributed by atoms with E-state index in [1.807, 2.05) is 13.1 Å². The molecule has 0 saturated carbocycles. The van der Waals surface area contributed by atoms with Crippen LogP contribution in [0.2, 0.25) is 0 Å². The first kappa shape index (κ1) is 21.4. The number of morpholine rings is 1. The van der Waals surface area contributed by atoms with Gasteiger partial charge in [-0.3, -0.25) is 9.89 Å². The van der Waals surface area contributed by atoms with Crippen LogP contribution >= 0.6 is 0 Å². The predicted molar refractivity (Wildman–Crippen MR) is 120 cm³/mol. The first-order chi connectivity index (χ1) is 14.3. The van der Waals surface area contributed by atoms with Gasteiger partial charge in [0.1, 0.15) is 5.75 Å². The second-order valence-corrected chi connectivity index (χ2v) is 7.30. The zero-order valence-corrected chi connectivity index (χ0v) is 17.5. The zero-order valence-electron chi connectivity index (χ0n) is 17.5. The highest BCUT2D eigenvalue weighted by molar-refractivity contribution is 5.83. The molecule has 0 amide bonds. The van der Waals surface area contributed by atoms with Gasteiger partial charge < -0.3 is 20.1 Å². The Morgan fingerprint density at radius 1 is 1.00 bits per heavy atom. The Bertz CT molecular complexity index is 759. The summed E-state index contributed by atoms with van der Waals surface area (Å²) in [6.07, 6.45) is 3.26. The quantitative estimate of drug-likeness (QED) is 0.366. The Kier molecular flexibility index (Phi) is 9.07. The van der Waals surface area contributed by atoms with Crippen molar-refractivity contribution >= 4 is 16.7 Å². The molecule has 158 valence electrons. The molecule has 0 aliphatic carbocycles. The lowest BCUT2D eigenvalue weighted by Crippen LogP contribution is -2.39. The Morgan fingerprint density at radius 3 is 2.55 bits per heavy atom. The maximum absolute atomic E-state index is 5.89. The molecule has 2 aromatic rings. The molecule has 29 heavy (non-hydrogen) atoms. The van der Waals surface area contributed by atoms with Crippen LogP contribution in [-0.4, -0.2) is 70.5 Å². The van der Waals surface area contributed by atoms with Gasteiger partial charge in [0.25, 0.3) is 0 Å². The maximum Gasteiger partial charge on any atom is 0.190 e. The van der Waals surface area contributed by atoms with Crippen molar-refractivity contribution in [3.8, 4) is 5.75 Å². The van der Waals surface area contributed by atoms with E-state index in [2.05, 4.69) is 56.9 Å². The Hall–Kier alpha value is -2.31. The van der Waals surface area contributed by atoms with Crippen LogP contribution in [0, 0.1) is 0 Å². The number of hydrogen-bond donors (Lipinski definition) is 2. The summed E-state index contributed by atoms with van der Waals surface area (Å²) in [7, 11) is 1.81. The molecule has 0 radical (unpaired) electrons. The number of guanidine groups is 1. The summed E-state index contributed by atoms with van der Waals surface area (Å²) in [6, 6.07) is 14.6. The van der Waals surface area contributed by atoms with Gasteiger partial charge in [-0.25, -0.2) is 0 Å². The molecule has 0 atom stereocenters. The molecule has 6 heteroatoms. The lowest BCUT2D eigenvalue weighted by molar-refractivity contribution is 0.0372. The number of aliphatic imine (C=N–C) groups is 1. The summed E-state index contributed by atoms with van der Waals surface area (Å²) in [5, 5.41) is 9.20. The zero-order chi connectivity index (χ0) is 20.2. The van der Waals surface area contributed by atoms with E-state index in [4.69, 9.17) is 9.47 Å². The lowest BCUT2D eigenvalue weighted by atomic mass is 10.1. The average molecular weight is 399 g/mol. The van der Waals surface area contributed by atoms with Crippen molar-refractivity contribution in [3.05, 3.63) is 42.5 Å². The fourth-order valence-electron chi connectivity index (χ4n) is 3.44. The van der Waals surface area contributed by atoms with Crippen LogP contribution in [0.4, 0.5) is 0 Å². The molecule has 0 bridgehead atoms. The first-order valence-corrected chi connectivity index (χ1v) is 10.7. The SMILES string of the molecule is CN=C(NCCCCN1CCOCC1)NCCCOc1ccc2ccccc2c1. The molecular formula is C23H34N4O2. The highest BCUT2D eigenvalue weighted by atomic mass is 16.5. The fourth-order valence-corrected chi connectivity index (χ4v) is 3.44. The van der Waals surface area contributed by atoms with Gasteiger partial charge >= 0.3 is 0 Å². The first-order valence-electron chi connectivity index (χ1n) is 10.7. The molecule has 1 saturated heterocycles. The van der Waals surface area contributed by atoms with Crippen LogP contribution in [-0.2, 0) is 4.74 Å². The van der Waals surface area contributed by atoms with E-state index < -0.39 is 0 Å². The fraction of sp³-hybridized carbons (Fsp3) is 0.522. The third-order valence-corrected chi connectivity index (χ3v) is 5.12. The number of unbranched alkanes of at least 4 members (excludes halogenated alkanes) is 1. The molecule has 1 fully saturated rings. The van der Waals surface area contributed by atoms with Crippen LogP contribution in [0.25, 0.3) is 10.8 Å². The van der Waals surface area contributed by atoms with E-state index in [1.165, 1.54) is 17.2 Å². The third kappa shape index (κ3) is 7.55. The normalized spacial score (nSPS) is 15.4. The van der Waals surface area contributed by atoms with E-state index in [-0.39, 0.29) is 0 Å². The molecule has 0 unspecified atom stereocenters. The van der Waals surface area contributed by atoms with Gasteiger partial charge in [0.05, 0.1) is 19.8 Å². The minimum Gasteiger partial charge on any atom is -0.494 e. The number of benzene rings is 2. The van der Waals surface area contributed by atoms with Crippen molar-refractivity contribution in [1.29, 1.82) is 0 Å². The number of nitrogens with zero attached hydrogens (tertiary/aromatic N) is 2. The summed E-state index contributed by atoms with van der Waals surface area (Å²) in [5.74, 6) is 1.79. The summed E-state index contributed by atoms with van der Waals surface area (Å²) < 4.78 is 11.3. The summed E-state index contributed by atoms with van der Waals surface area (Å²) in [4.78, 5) is 6.77. The van der Waals surface area contributed by atoms with Crippen LogP contribution in [0.1, 0.15) is 19.3 Å². The molecule has 1 aliphatic heterocycles. The van der Waals surface area contributed by atoms with E-state index in [0.717, 1.165) is 70.5 Å². The number of hydrogen-bond acceptors (Lipinski definition) is 4. The molecular weight excluding hydrogens is 364 g/mol. The summed E-state index contributed by atoms with van der Waals surface area (Å²) >= 11 is 0. The Morgan fingerprint density at radius 2 is 1.76 bits per heavy atom. The van der Waals surface area contributed by atoms with Crippen molar-refractivity contribution in [1.82, 2.24) is 15.5 Å². The van der Waals surface area contributed by atoms with Crippen LogP contribution in [0.3, 0.4) is 0 Å². The van der Waals surface area contributed by atoms with Crippen molar-refractivity contribution in [3.63, 3.8) is 0 Å². The van der Waals surface area contributed by atoms with E-state index in [0.29, 0.717) is 6.61 Å². The largest absolute Gasteiger partial charge is 0.494 e. The molecule has 3 rings (SSSR count). The van der Waals surface area contributed by atoms with Crippen LogP contribution < -0.4 is 15.4 Å². The minimum absolute atomic E-state index is 0.682. The van der Waals surface area contributed by atoms with Crippen LogP contribution in [0.15, 0.2) is 47.5 Å². The Labute approximate surface area is 174 Å². The standard InChI is InChI=1S/C23H34N4O2/c1-24-23(25-11-4-5-13-27-14-17-28-18-15-27)26-12-6-16-29-22-10-9-20-7-2-3-8-21(20)19-22/h2-3,7-10,19H,4-6,11-18H2,1H3,(H2,24,25,26). The second-order valence-electron chi connectivity index (χ2n) is 7.30. The maximum atomic E-state index is 5.89. The van der Waals surface area contributed by atoms with Gasteiger partial charge in [-0.15, -0.1) is 0 Å². The molecule has 2 aromatic carbocycles. The predicted octanol–water partition coefficient (Wildman–Crippen LogP) is 2.89. The lowest BCUT2D eigenvalue weighted by Gasteiger charge is -2.26. The number of fused-ring (bicyclic) bond motifs is 1. The average Bonchev–Trinajstić information content (AvgIpc) is 2.78. The molecule has 1 heterocycles. The van der Waals surface area contributed by atoms with Gasteiger partial charge in [0, 0.05) is 33.2 Å². The third-order valence-electron chi connectivity index (χ3n) is 5.12. The van der Waals surface area contributed by atoms with Crippen molar-refractivity contribution < 1.29 is 9.47 Å². The van der Waals surface area contributed by atoms with Gasteiger partial charge in [0.15, 0.2) is 5.96 Å². The smallest absolute Gasteiger partial charge is 0.190 e. The van der Waals surface area contributed by atoms with Crippen LogP contribution in [0.5, 0.6) is 5.75 Å². The minimum atomic E-state index is 0.682. The van der Waals surface area contributed by atoms with E-state index in [9.17, 15) is 0 Å². The van der Waals surface area contributed by atoms with Gasteiger partial charge in [-0.1, -0.05) is 30.3 Å². The monoisotopic (exact) mass is 398 g/mol. The van der Waals surface area contributed by atoms with Gasteiger partial charge in [-0.05, 0) is 48.7 Å². The van der Waals surface area contributed by atoms with Crippen molar-refractivity contribution in [2.24, 2.45) is 4.99 Å². The number of rotatable bonds is 10. The van der Waals surface area contributed by atoms with Gasteiger partial charge in [0.2, 0.25) is 0 Å². The molecule has 2 N–H and O–H groups in total. The molecule has 6 nitrogen and oxygen atoms in total.